The summed E-state index contributed by atoms with van der Waals surface area (Å²) in [7, 11) is -1.90. The summed E-state index contributed by atoms with van der Waals surface area (Å²) in [5.74, 6) is -0.255. The molecule has 1 atom stereocenters. The van der Waals surface area contributed by atoms with E-state index < -0.39 is 10.2 Å². The smallest absolute Gasteiger partial charge is 0.279 e. The summed E-state index contributed by atoms with van der Waals surface area (Å²) in [6.07, 6.45) is 1.82. The van der Waals surface area contributed by atoms with Gasteiger partial charge in [-0.15, -0.1) is 0 Å². The topological polar surface area (TPSA) is 99.3 Å². The Morgan fingerprint density at radius 2 is 2.20 bits per heavy atom. The molecular formula is C8H18N4O2S. The molecule has 15 heavy (non-hydrogen) atoms. The van der Waals surface area contributed by atoms with Crippen molar-refractivity contribution in [1.82, 2.24) is 9.03 Å². The van der Waals surface area contributed by atoms with E-state index in [1.165, 1.54) is 11.4 Å². The molecule has 0 radical (unpaired) electrons. The van der Waals surface area contributed by atoms with Gasteiger partial charge in [0.1, 0.15) is 0 Å². The van der Waals surface area contributed by atoms with Crippen molar-refractivity contribution in [2.45, 2.75) is 25.8 Å². The Hall–Kier alpha value is -0.660. The summed E-state index contributed by atoms with van der Waals surface area (Å²) in [4.78, 5) is 0. The molecule has 1 rings (SSSR count). The van der Waals surface area contributed by atoms with Gasteiger partial charge in [-0.1, -0.05) is 6.92 Å². The van der Waals surface area contributed by atoms with Crippen molar-refractivity contribution in [2.75, 3.05) is 13.6 Å². The van der Waals surface area contributed by atoms with Crippen molar-refractivity contribution < 1.29 is 8.42 Å². The zero-order valence-corrected chi connectivity index (χ0v) is 9.84. The van der Waals surface area contributed by atoms with Gasteiger partial charge < -0.3 is 5.73 Å². The van der Waals surface area contributed by atoms with Crippen LogP contribution in [-0.2, 0) is 10.2 Å². The molecule has 1 aliphatic carbocycles. The molecule has 0 amide bonds. The lowest BCUT2D eigenvalue weighted by molar-refractivity contribution is 0.433. The van der Waals surface area contributed by atoms with Gasteiger partial charge in [-0.25, -0.2) is 0 Å². The van der Waals surface area contributed by atoms with Gasteiger partial charge in [0.25, 0.3) is 10.2 Å². The SMILES string of the molecule is CC(CN(C)S(=O)(=O)NC1CC1)C(=N)N. The van der Waals surface area contributed by atoms with Gasteiger partial charge in [-0.3, -0.25) is 5.41 Å². The quantitative estimate of drug-likeness (QED) is 0.426. The van der Waals surface area contributed by atoms with E-state index >= 15 is 0 Å². The lowest BCUT2D eigenvalue weighted by atomic mass is 10.2. The highest BCUT2D eigenvalue weighted by molar-refractivity contribution is 7.87. The molecule has 0 saturated heterocycles. The highest BCUT2D eigenvalue weighted by Gasteiger charge is 2.29. The summed E-state index contributed by atoms with van der Waals surface area (Å²) in [5.41, 5.74) is 5.28. The Kier molecular flexibility index (Phi) is 3.69. The second-order valence-corrected chi connectivity index (χ2v) is 5.84. The minimum Gasteiger partial charge on any atom is -0.387 e. The molecule has 6 nitrogen and oxygen atoms in total. The number of amidine groups is 1. The molecule has 1 unspecified atom stereocenters. The van der Waals surface area contributed by atoms with Crippen LogP contribution in [0.25, 0.3) is 0 Å². The molecule has 0 aromatic rings. The lowest BCUT2D eigenvalue weighted by Gasteiger charge is -2.20. The van der Waals surface area contributed by atoms with Gasteiger partial charge in [-0.2, -0.15) is 17.4 Å². The fourth-order valence-electron chi connectivity index (χ4n) is 1.08. The predicted octanol–water partition coefficient (Wildman–Crippen LogP) is -0.513. The third-order valence-electron chi connectivity index (χ3n) is 2.37. The van der Waals surface area contributed by atoms with Gasteiger partial charge in [0.05, 0.1) is 5.84 Å². The lowest BCUT2D eigenvalue weighted by Crippen LogP contribution is -2.43. The van der Waals surface area contributed by atoms with E-state index in [1.807, 2.05) is 0 Å². The standard InChI is InChI=1S/C8H18N4O2S/c1-6(8(9)10)5-12(2)15(13,14)11-7-3-4-7/h6-7,11H,3-5H2,1-2H3,(H3,9,10). The Morgan fingerprint density at radius 3 is 2.60 bits per heavy atom. The van der Waals surface area contributed by atoms with E-state index in [0.717, 1.165) is 12.8 Å². The van der Waals surface area contributed by atoms with Crippen LogP contribution < -0.4 is 10.5 Å². The van der Waals surface area contributed by atoms with Crippen molar-refractivity contribution in [2.24, 2.45) is 11.7 Å². The van der Waals surface area contributed by atoms with Crippen molar-refractivity contribution in [3.8, 4) is 0 Å². The molecule has 0 heterocycles. The minimum absolute atomic E-state index is 0.00321. The average Bonchev–Trinajstić information content (AvgIpc) is 2.86. The molecule has 0 aromatic carbocycles. The van der Waals surface area contributed by atoms with E-state index in [1.54, 1.807) is 6.92 Å². The molecular weight excluding hydrogens is 216 g/mol. The summed E-state index contributed by atoms with van der Waals surface area (Å²) in [6.45, 7) is 1.96. The normalized spacial score (nSPS) is 19.1. The van der Waals surface area contributed by atoms with E-state index in [0.29, 0.717) is 0 Å². The van der Waals surface area contributed by atoms with Crippen LogP contribution in [-0.4, -0.2) is 38.2 Å². The zero-order chi connectivity index (χ0) is 11.6. The Balaban J connectivity index is 2.50. The Labute approximate surface area is 90.5 Å². The molecule has 0 bridgehead atoms. The van der Waals surface area contributed by atoms with Crippen molar-refractivity contribution in [3.63, 3.8) is 0 Å². The number of nitrogens with two attached hydrogens (primary N) is 1. The third kappa shape index (κ3) is 3.77. The van der Waals surface area contributed by atoms with Crippen molar-refractivity contribution in [3.05, 3.63) is 0 Å². The summed E-state index contributed by atoms with van der Waals surface area (Å²) < 4.78 is 27.1. The number of hydrogen-bond donors (Lipinski definition) is 3. The molecule has 7 heteroatoms. The first-order valence-electron chi connectivity index (χ1n) is 4.90. The van der Waals surface area contributed by atoms with Crippen LogP contribution in [0, 0.1) is 11.3 Å². The monoisotopic (exact) mass is 234 g/mol. The number of nitrogens with one attached hydrogen (secondary N) is 2. The molecule has 0 aliphatic heterocycles. The van der Waals surface area contributed by atoms with Crippen LogP contribution in [0.3, 0.4) is 0 Å². The maximum atomic E-state index is 11.6. The van der Waals surface area contributed by atoms with E-state index in [-0.39, 0.29) is 24.3 Å². The van der Waals surface area contributed by atoms with Gasteiger partial charge >= 0.3 is 0 Å². The summed E-state index contributed by atoms with van der Waals surface area (Å²) in [6, 6.07) is 0.102. The molecule has 1 aliphatic rings. The van der Waals surface area contributed by atoms with Crippen LogP contribution in [0.4, 0.5) is 0 Å². The molecule has 0 aromatic heterocycles. The molecule has 88 valence electrons. The second-order valence-electron chi connectivity index (χ2n) is 4.03. The van der Waals surface area contributed by atoms with Gasteiger partial charge in [-0.05, 0) is 12.8 Å². The average molecular weight is 234 g/mol. The van der Waals surface area contributed by atoms with E-state index in [2.05, 4.69) is 4.72 Å². The fourth-order valence-corrected chi connectivity index (χ4v) is 2.34. The second kappa shape index (κ2) is 4.46. The van der Waals surface area contributed by atoms with Gasteiger partial charge in [0.2, 0.25) is 0 Å². The highest BCUT2D eigenvalue weighted by Crippen LogP contribution is 2.20. The molecule has 1 fully saturated rings. The first-order valence-corrected chi connectivity index (χ1v) is 6.34. The van der Waals surface area contributed by atoms with Crippen LogP contribution in [0.5, 0.6) is 0 Å². The number of rotatable bonds is 6. The van der Waals surface area contributed by atoms with Crippen LogP contribution in [0.1, 0.15) is 19.8 Å². The van der Waals surface area contributed by atoms with Gasteiger partial charge in [0, 0.05) is 25.6 Å². The fraction of sp³-hybridized carbons (Fsp3) is 0.875. The first kappa shape index (κ1) is 12.4. The maximum Gasteiger partial charge on any atom is 0.279 e. The zero-order valence-electron chi connectivity index (χ0n) is 9.03. The minimum atomic E-state index is -3.39. The van der Waals surface area contributed by atoms with Gasteiger partial charge in [0.15, 0.2) is 0 Å². The maximum absolute atomic E-state index is 11.6. The molecule has 4 N–H and O–H groups in total. The van der Waals surface area contributed by atoms with E-state index in [9.17, 15) is 8.42 Å². The Bertz CT molecular complexity index is 337. The first-order chi connectivity index (χ1) is 6.83. The van der Waals surface area contributed by atoms with Crippen molar-refractivity contribution in [1.29, 1.82) is 5.41 Å². The summed E-state index contributed by atoms with van der Waals surface area (Å²) in [5, 5.41) is 7.19. The largest absolute Gasteiger partial charge is 0.387 e. The summed E-state index contributed by atoms with van der Waals surface area (Å²) >= 11 is 0. The van der Waals surface area contributed by atoms with E-state index in [4.69, 9.17) is 11.1 Å². The number of hydrogen-bond acceptors (Lipinski definition) is 3. The van der Waals surface area contributed by atoms with Crippen molar-refractivity contribution >= 4 is 16.0 Å². The Morgan fingerprint density at radius 1 is 1.67 bits per heavy atom. The number of nitrogens with zero attached hydrogens (tertiary/aromatic N) is 1. The molecule has 1 saturated carbocycles. The van der Waals surface area contributed by atoms with Crippen LogP contribution in [0.2, 0.25) is 0 Å². The highest BCUT2D eigenvalue weighted by atomic mass is 32.2. The van der Waals surface area contributed by atoms with Crippen LogP contribution in [0.15, 0.2) is 0 Å². The van der Waals surface area contributed by atoms with Crippen LogP contribution >= 0.6 is 0 Å². The predicted molar refractivity (Wildman–Crippen MR) is 58.8 cm³/mol. The molecule has 0 spiro atoms. The third-order valence-corrected chi connectivity index (χ3v) is 3.97.